The lowest BCUT2D eigenvalue weighted by Gasteiger charge is -2.01. The van der Waals surface area contributed by atoms with Crippen LogP contribution in [0.5, 0.6) is 0 Å². The third-order valence-electron chi connectivity index (χ3n) is 1.97. The van der Waals surface area contributed by atoms with Crippen LogP contribution >= 0.6 is 0 Å². The van der Waals surface area contributed by atoms with Gasteiger partial charge in [0.1, 0.15) is 17.0 Å². The second-order valence-corrected chi connectivity index (χ2v) is 2.93. The van der Waals surface area contributed by atoms with Crippen LogP contribution < -0.4 is 0 Å². The molecule has 76 valence electrons. The Labute approximate surface area is 85.2 Å². The topological polar surface area (TPSA) is 80.9 Å². The fraction of sp³-hybridized carbons (Fsp3) is 0.111. The number of carboxylic acid groups (broad SMARTS) is 1. The lowest BCUT2D eigenvalue weighted by molar-refractivity contribution is 0.0697. The van der Waals surface area contributed by atoms with Crippen LogP contribution in [0, 0.1) is 0 Å². The maximum absolute atomic E-state index is 10.9. The van der Waals surface area contributed by atoms with E-state index in [1.54, 1.807) is 7.05 Å². The second-order valence-electron chi connectivity index (χ2n) is 2.93. The lowest BCUT2D eigenvalue weighted by Crippen LogP contribution is -2.02. The summed E-state index contributed by atoms with van der Waals surface area (Å²) in [6.07, 6.45) is 5.84. The highest BCUT2D eigenvalue weighted by atomic mass is 16.4. The summed E-state index contributed by atoms with van der Waals surface area (Å²) in [5.41, 5.74) is 1.07. The predicted molar refractivity (Wildman–Crippen MR) is 51.2 cm³/mol. The van der Waals surface area contributed by atoms with Gasteiger partial charge in [-0.1, -0.05) is 0 Å². The van der Waals surface area contributed by atoms with E-state index in [0.717, 1.165) is 0 Å². The maximum Gasteiger partial charge on any atom is 0.339 e. The van der Waals surface area contributed by atoms with Crippen molar-refractivity contribution in [1.29, 1.82) is 0 Å². The molecule has 0 bridgehead atoms. The fourth-order valence-corrected chi connectivity index (χ4v) is 1.32. The van der Waals surface area contributed by atoms with Crippen molar-refractivity contribution in [2.75, 3.05) is 0 Å². The average Bonchev–Trinajstić information content (AvgIpc) is 2.61. The Hall–Kier alpha value is -2.24. The molecule has 0 unspecified atom stereocenters. The highest BCUT2D eigenvalue weighted by Gasteiger charge is 2.17. The normalized spacial score (nSPS) is 10.2. The van der Waals surface area contributed by atoms with Crippen LogP contribution in [-0.2, 0) is 7.05 Å². The van der Waals surface area contributed by atoms with Crippen molar-refractivity contribution in [2.24, 2.45) is 7.05 Å². The number of nitrogens with zero attached hydrogens (tertiary/aromatic N) is 4. The van der Waals surface area contributed by atoms with Gasteiger partial charge in [-0.15, -0.1) is 0 Å². The van der Waals surface area contributed by atoms with Crippen LogP contribution in [0.2, 0.25) is 0 Å². The first-order chi connectivity index (χ1) is 7.20. The molecule has 0 aliphatic heterocycles. The highest BCUT2D eigenvalue weighted by Crippen LogP contribution is 2.19. The van der Waals surface area contributed by atoms with E-state index in [4.69, 9.17) is 5.11 Å². The van der Waals surface area contributed by atoms with Crippen molar-refractivity contribution in [1.82, 2.24) is 19.7 Å². The Morgan fingerprint density at radius 2 is 2.20 bits per heavy atom. The summed E-state index contributed by atoms with van der Waals surface area (Å²) in [6, 6.07) is 0. The average molecular weight is 204 g/mol. The first kappa shape index (κ1) is 9.32. The van der Waals surface area contributed by atoms with E-state index in [1.807, 2.05) is 0 Å². The van der Waals surface area contributed by atoms with Crippen LogP contribution in [0.25, 0.3) is 11.4 Å². The maximum atomic E-state index is 10.9. The summed E-state index contributed by atoms with van der Waals surface area (Å²) in [7, 11) is 1.66. The van der Waals surface area contributed by atoms with Gasteiger partial charge in [0, 0.05) is 19.4 Å². The van der Waals surface area contributed by atoms with E-state index in [2.05, 4.69) is 15.1 Å². The predicted octanol–water partition coefficient (Wildman–Crippen LogP) is 0.575. The van der Waals surface area contributed by atoms with Gasteiger partial charge in [0.15, 0.2) is 0 Å². The van der Waals surface area contributed by atoms with Crippen LogP contribution in [0.4, 0.5) is 0 Å². The minimum Gasteiger partial charge on any atom is -0.478 e. The fourth-order valence-electron chi connectivity index (χ4n) is 1.32. The van der Waals surface area contributed by atoms with E-state index < -0.39 is 5.97 Å². The molecule has 6 nitrogen and oxygen atoms in total. The minimum atomic E-state index is -1.02. The number of rotatable bonds is 2. The Morgan fingerprint density at radius 3 is 2.80 bits per heavy atom. The van der Waals surface area contributed by atoms with Crippen molar-refractivity contribution >= 4 is 5.97 Å². The number of aromatic carboxylic acids is 1. The lowest BCUT2D eigenvalue weighted by atomic mass is 10.2. The Balaban J connectivity index is 2.62. The van der Waals surface area contributed by atoms with Gasteiger partial charge >= 0.3 is 5.97 Å². The zero-order chi connectivity index (χ0) is 10.8. The summed E-state index contributed by atoms with van der Waals surface area (Å²) < 4.78 is 1.47. The smallest absolute Gasteiger partial charge is 0.339 e. The van der Waals surface area contributed by atoms with Gasteiger partial charge in [-0.25, -0.2) is 4.79 Å². The molecule has 0 atom stereocenters. The van der Waals surface area contributed by atoms with E-state index >= 15 is 0 Å². The molecule has 0 spiro atoms. The third kappa shape index (κ3) is 1.56. The largest absolute Gasteiger partial charge is 0.478 e. The Kier molecular flexibility index (Phi) is 2.17. The number of hydrogen-bond donors (Lipinski definition) is 1. The van der Waals surface area contributed by atoms with Crippen LogP contribution in [0.1, 0.15) is 10.4 Å². The molecule has 0 aromatic carbocycles. The Morgan fingerprint density at radius 1 is 1.40 bits per heavy atom. The molecule has 2 aromatic heterocycles. The van der Waals surface area contributed by atoms with Crippen molar-refractivity contribution < 1.29 is 9.90 Å². The van der Waals surface area contributed by atoms with Gasteiger partial charge < -0.3 is 5.11 Å². The monoisotopic (exact) mass is 204 g/mol. The second kappa shape index (κ2) is 3.49. The molecule has 2 heterocycles. The standard InChI is InChI=1S/C9H8N4O2/c1-13-8(6(4-12-13)9(14)15)7-5-10-2-3-11-7/h2-5H,1H3,(H,14,15). The van der Waals surface area contributed by atoms with E-state index in [0.29, 0.717) is 11.4 Å². The van der Waals surface area contributed by atoms with Crippen molar-refractivity contribution in [3.8, 4) is 11.4 Å². The molecule has 0 radical (unpaired) electrons. The summed E-state index contributed by atoms with van der Waals surface area (Å²) in [6.45, 7) is 0. The highest BCUT2D eigenvalue weighted by molar-refractivity contribution is 5.94. The zero-order valence-corrected chi connectivity index (χ0v) is 7.95. The van der Waals surface area contributed by atoms with Gasteiger partial charge in [-0.3, -0.25) is 14.6 Å². The molecule has 15 heavy (non-hydrogen) atoms. The van der Waals surface area contributed by atoms with Crippen molar-refractivity contribution in [3.05, 3.63) is 30.4 Å². The zero-order valence-electron chi connectivity index (χ0n) is 7.95. The summed E-state index contributed by atoms with van der Waals surface area (Å²) >= 11 is 0. The van der Waals surface area contributed by atoms with Gasteiger partial charge in [0.05, 0.1) is 12.4 Å². The molecule has 0 saturated heterocycles. The first-order valence-electron chi connectivity index (χ1n) is 4.22. The van der Waals surface area contributed by atoms with Crippen LogP contribution in [-0.4, -0.2) is 30.8 Å². The van der Waals surface area contributed by atoms with Gasteiger partial charge in [0.2, 0.25) is 0 Å². The first-order valence-corrected chi connectivity index (χ1v) is 4.22. The molecular formula is C9H8N4O2. The Bertz CT molecular complexity index is 492. The number of hydrogen-bond acceptors (Lipinski definition) is 4. The summed E-state index contributed by atoms with van der Waals surface area (Å²) in [4.78, 5) is 18.8. The van der Waals surface area contributed by atoms with E-state index in [9.17, 15) is 4.79 Å². The number of carbonyl (C=O) groups is 1. The van der Waals surface area contributed by atoms with Crippen LogP contribution in [0.15, 0.2) is 24.8 Å². The number of aromatic nitrogens is 4. The molecule has 2 aromatic rings. The minimum absolute atomic E-state index is 0.123. The molecular weight excluding hydrogens is 196 g/mol. The number of carboxylic acids is 1. The van der Waals surface area contributed by atoms with Crippen molar-refractivity contribution in [3.63, 3.8) is 0 Å². The third-order valence-corrected chi connectivity index (χ3v) is 1.97. The quantitative estimate of drug-likeness (QED) is 0.773. The van der Waals surface area contributed by atoms with Crippen LogP contribution in [0.3, 0.4) is 0 Å². The molecule has 0 aliphatic rings. The molecule has 0 aliphatic carbocycles. The van der Waals surface area contributed by atoms with Gasteiger partial charge in [-0.2, -0.15) is 5.10 Å². The van der Waals surface area contributed by atoms with Gasteiger partial charge in [-0.05, 0) is 0 Å². The number of aryl methyl sites for hydroxylation is 1. The molecule has 0 saturated carbocycles. The van der Waals surface area contributed by atoms with E-state index in [1.165, 1.54) is 29.5 Å². The summed E-state index contributed by atoms with van der Waals surface area (Å²) in [5, 5.41) is 12.8. The van der Waals surface area contributed by atoms with E-state index in [-0.39, 0.29) is 5.56 Å². The molecule has 1 N–H and O–H groups in total. The van der Waals surface area contributed by atoms with Crippen molar-refractivity contribution in [2.45, 2.75) is 0 Å². The molecule has 0 amide bonds. The molecule has 0 fully saturated rings. The summed E-state index contributed by atoms with van der Waals surface area (Å²) in [5.74, 6) is -1.02. The SMILES string of the molecule is Cn1ncc(C(=O)O)c1-c1cnccn1. The molecule has 6 heteroatoms. The molecule has 2 rings (SSSR count). The van der Waals surface area contributed by atoms with Gasteiger partial charge in [0.25, 0.3) is 0 Å².